The van der Waals surface area contributed by atoms with Crippen LogP contribution in [0.2, 0.25) is 0 Å². The van der Waals surface area contributed by atoms with Gasteiger partial charge in [-0.05, 0) is 48.5 Å². The molecule has 3 rings (SSSR count). The van der Waals surface area contributed by atoms with E-state index in [1.165, 1.54) is 7.11 Å². The summed E-state index contributed by atoms with van der Waals surface area (Å²) in [5.41, 5.74) is 2.45. The van der Waals surface area contributed by atoms with E-state index in [1.807, 2.05) is 48.5 Å². The highest BCUT2D eigenvalue weighted by Crippen LogP contribution is 2.27. The molecular formula is C21H17NO3. The molecular weight excluding hydrogens is 314 g/mol. The molecule has 0 saturated heterocycles. The Morgan fingerprint density at radius 2 is 1.20 bits per heavy atom. The highest BCUT2D eigenvalue weighted by Gasteiger charge is 2.20. The van der Waals surface area contributed by atoms with Crippen molar-refractivity contribution in [2.45, 2.75) is 0 Å². The fourth-order valence-electron chi connectivity index (χ4n) is 2.53. The molecule has 0 spiro atoms. The summed E-state index contributed by atoms with van der Waals surface area (Å²) in [5.74, 6) is -0.551. The Bertz CT molecular complexity index is 859. The molecule has 0 atom stereocenters. The van der Waals surface area contributed by atoms with E-state index in [4.69, 9.17) is 4.74 Å². The summed E-state index contributed by atoms with van der Waals surface area (Å²) in [6.45, 7) is 0. The van der Waals surface area contributed by atoms with Crippen molar-refractivity contribution in [3.8, 4) is 0 Å². The molecule has 4 nitrogen and oxygen atoms in total. The molecule has 4 heteroatoms. The molecule has 0 bridgehead atoms. The van der Waals surface area contributed by atoms with Gasteiger partial charge in [0.1, 0.15) is 0 Å². The van der Waals surface area contributed by atoms with Gasteiger partial charge in [0.25, 0.3) is 5.91 Å². The maximum absolute atomic E-state index is 13.1. The number of para-hydroxylation sites is 1. The Kier molecular flexibility index (Phi) is 4.90. The number of rotatable bonds is 4. The number of anilines is 2. The van der Waals surface area contributed by atoms with Gasteiger partial charge in [0.2, 0.25) is 0 Å². The Morgan fingerprint density at radius 3 is 1.76 bits per heavy atom. The Labute approximate surface area is 146 Å². The fourth-order valence-corrected chi connectivity index (χ4v) is 2.53. The van der Waals surface area contributed by atoms with Gasteiger partial charge in [-0.2, -0.15) is 0 Å². The first-order chi connectivity index (χ1) is 12.2. The minimum atomic E-state index is -0.410. The van der Waals surface area contributed by atoms with Crippen molar-refractivity contribution < 1.29 is 14.3 Å². The lowest BCUT2D eigenvalue weighted by Gasteiger charge is -2.23. The van der Waals surface area contributed by atoms with E-state index in [-0.39, 0.29) is 5.91 Å². The third-order valence-corrected chi connectivity index (χ3v) is 3.78. The number of hydrogen-bond donors (Lipinski definition) is 0. The maximum atomic E-state index is 13.1. The Hall–Kier alpha value is -3.40. The van der Waals surface area contributed by atoms with Crippen molar-refractivity contribution in [3.05, 3.63) is 96.1 Å². The van der Waals surface area contributed by atoms with Crippen molar-refractivity contribution in [1.29, 1.82) is 0 Å². The number of nitrogens with zero attached hydrogens (tertiary/aromatic N) is 1. The lowest BCUT2D eigenvalue weighted by molar-refractivity contribution is 0.0600. The molecule has 0 heterocycles. The number of amides is 1. The van der Waals surface area contributed by atoms with Crippen LogP contribution < -0.4 is 4.90 Å². The first-order valence-corrected chi connectivity index (χ1v) is 7.83. The number of esters is 1. The van der Waals surface area contributed by atoms with Gasteiger partial charge >= 0.3 is 5.97 Å². The van der Waals surface area contributed by atoms with E-state index >= 15 is 0 Å². The van der Waals surface area contributed by atoms with Crippen molar-refractivity contribution in [3.63, 3.8) is 0 Å². The van der Waals surface area contributed by atoms with Gasteiger partial charge in [-0.1, -0.05) is 36.4 Å². The number of hydrogen-bond acceptors (Lipinski definition) is 3. The summed E-state index contributed by atoms with van der Waals surface area (Å²) in [6, 6.07) is 25.3. The summed E-state index contributed by atoms with van der Waals surface area (Å²) in [4.78, 5) is 26.3. The summed E-state index contributed by atoms with van der Waals surface area (Å²) in [6.07, 6.45) is 0. The molecule has 3 aromatic carbocycles. The Morgan fingerprint density at radius 1 is 0.680 bits per heavy atom. The molecule has 0 saturated carbocycles. The minimum Gasteiger partial charge on any atom is -0.465 e. The molecule has 0 N–H and O–H groups in total. The second kappa shape index (κ2) is 7.45. The monoisotopic (exact) mass is 331 g/mol. The summed E-state index contributed by atoms with van der Waals surface area (Å²) in [5, 5.41) is 0. The number of carbonyl (C=O) groups is 2. The molecule has 0 fully saturated rings. The zero-order chi connectivity index (χ0) is 17.6. The van der Waals surface area contributed by atoms with E-state index in [0.29, 0.717) is 16.8 Å². The van der Waals surface area contributed by atoms with Gasteiger partial charge in [-0.3, -0.25) is 9.69 Å². The van der Waals surface area contributed by atoms with E-state index in [1.54, 1.807) is 41.3 Å². The predicted molar refractivity (Wildman–Crippen MR) is 97.1 cm³/mol. The van der Waals surface area contributed by atoms with Crippen LogP contribution in [0.1, 0.15) is 20.7 Å². The van der Waals surface area contributed by atoms with Crippen LogP contribution in [0.25, 0.3) is 0 Å². The van der Waals surface area contributed by atoms with E-state index in [9.17, 15) is 9.59 Å². The lowest BCUT2D eigenvalue weighted by Crippen LogP contribution is -2.25. The molecule has 25 heavy (non-hydrogen) atoms. The molecule has 3 aromatic rings. The molecule has 0 radical (unpaired) electrons. The zero-order valence-corrected chi connectivity index (χ0v) is 13.8. The van der Waals surface area contributed by atoms with Crippen LogP contribution in [-0.2, 0) is 4.74 Å². The van der Waals surface area contributed by atoms with Gasteiger partial charge in [0, 0.05) is 16.9 Å². The first-order valence-electron chi connectivity index (χ1n) is 7.83. The van der Waals surface area contributed by atoms with E-state index in [0.717, 1.165) is 5.69 Å². The fraction of sp³-hybridized carbons (Fsp3) is 0.0476. The van der Waals surface area contributed by atoms with E-state index in [2.05, 4.69) is 0 Å². The lowest BCUT2D eigenvalue weighted by atomic mass is 10.1. The van der Waals surface area contributed by atoms with Crippen LogP contribution in [-0.4, -0.2) is 19.0 Å². The van der Waals surface area contributed by atoms with Crippen LogP contribution in [0.15, 0.2) is 84.9 Å². The smallest absolute Gasteiger partial charge is 0.337 e. The van der Waals surface area contributed by atoms with Gasteiger partial charge in [0.05, 0.1) is 12.7 Å². The van der Waals surface area contributed by atoms with Crippen molar-refractivity contribution in [2.75, 3.05) is 12.0 Å². The highest BCUT2D eigenvalue weighted by molar-refractivity contribution is 6.11. The van der Waals surface area contributed by atoms with Gasteiger partial charge in [0.15, 0.2) is 0 Å². The third-order valence-electron chi connectivity index (χ3n) is 3.78. The molecule has 0 aromatic heterocycles. The van der Waals surface area contributed by atoms with Crippen LogP contribution >= 0.6 is 0 Å². The van der Waals surface area contributed by atoms with Crippen molar-refractivity contribution >= 4 is 23.3 Å². The Balaban J connectivity index is 2.03. The summed E-state index contributed by atoms with van der Waals surface area (Å²) < 4.78 is 4.72. The average molecular weight is 331 g/mol. The molecule has 0 aliphatic rings. The van der Waals surface area contributed by atoms with E-state index < -0.39 is 5.97 Å². The van der Waals surface area contributed by atoms with Crippen LogP contribution in [0.5, 0.6) is 0 Å². The number of benzene rings is 3. The van der Waals surface area contributed by atoms with Crippen LogP contribution in [0.3, 0.4) is 0 Å². The van der Waals surface area contributed by atoms with Gasteiger partial charge < -0.3 is 4.74 Å². The molecule has 0 aliphatic carbocycles. The molecule has 124 valence electrons. The minimum absolute atomic E-state index is 0.141. The van der Waals surface area contributed by atoms with Gasteiger partial charge in [-0.25, -0.2) is 4.79 Å². The third kappa shape index (κ3) is 3.58. The quantitative estimate of drug-likeness (QED) is 0.664. The SMILES string of the molecule is COC(=O)c1ccc(N(C(=O)c2ccccc2)c2ccccc2)cc1. The first kappa shape index (κ1) is 16.5. The summed E-state index contributed by atoms with van der Waals surface area (Å²) >= 11 is 0. The van der Waals surface area contributed by atoms with Gasteiger partial charge in [-0.15, -0.1) is 0 Å². The predicted octanol–water partition coefficient (Wildman–Crippen LogP) is 4.45. The number of methoxy groups -OCH3 is 1. The molecule has 0 aliphatic heterocycles. The van der Waals surface area contributed by atoms with Crippen molar-refractivity contribution in [2.24, 2.45) is 0 Å². The zero-order valence-electron chi connectivity index (χ0n) is 13.8. The second-order valence-electron chi connectivity index (χ2n) is 5.38. The van der Waals surface area contributed by atoms with Crippen LogP contribution in [0, 0.1) is 0 Å². The standard InChI is InChI=1S/C21H17NO3/c1-25-21(24)17-12-14-19(15-13-17)22(18-10-6-3-7-11-18)20(23)16-8-4-2-5-9-16/h2-15H,1H3. The van der Waals surface area contributed by atoms with Crippen molar-refractivity contribution in [1.82, 2.24) is 0 Å². The number of ether oxygens (including phenoxy) is 1. The average Bonchev–Trinajstić information content (AvgIpc) is 2.69. The second-order valence-corrected chi connectivity index (χ2v) is 5.38. The topological polar surface area (TPSA) is 46.6 Å². The highest BCUT2D eigenvalue weighted by atomic mass is 16.5. The molecule has 0 unspecified atom stereocenters. The maximum Gasteiger partial charge on any atom is 0.337 e. The van der Waals surface area contributed by atoms with Crippen LogP contribution in [0.4, 0.5) is 11.4 Å². The summed E-state index contributed by atoms with van der Waals surface area (Å²) in [7, 11) is 1.34. The number of carbonyl (C=O) groups excluding carboxylic acids is 2. The largest absolute Gasteiger partial charge is 0.465 e. The molecule has 1 amide bonds. The normalized spacial score (nSPS) is 10.1.